The van der Waals surface area contributed by atoms with E-state index >= 15 is 0 Å². The molecule has 0 atom stereocenters. The van der Waals surface area contributed by atoms with Crippen LogP contribution in [0.5, 0.6) is 0 Å². The van der Waals surface area contributed by atoms with Gasteiger partial charge in [-0.15, -0.1) is 11.3 Å². The van der Waals surface area contributed by atoms with Gasteiger partial charge in [0.05, 0.1) is 31.0 Å². The molecule has 0 unspecified atom stereocenters. The maximum Gasteiger partial charge on any atom is 0.229 e. The Bertz CT molecular complexity index is 736. The number of amides is 1. The first kappa shape index (κ1) is 17.4. The average Bonchev–Trinajstić information content (AvgIpc) is 3.36. The van der Waals surface area contributed by atoms with Crippen molar-refractivity contribution in [2.45, 2.75) is 19.3 Å². The molecule has 0 saturated carbocycles. The van der Waals surface area contributed by atoms with Gasteiger partial charge in [0.2, 0.25) is 5.91 Å². The van der Waals surface area contributed by atoms with Crippen LogP contribution in [0.4, 0.5) is 17.1 Å². The number of carbonyl (C=O) groups excluding carboxylic acids is 1. The SMILES string of the molecule is O=C(Cc1cccs1)Nc1cc(N2CCOCC2)ccc1N1CCCC1. The normalized spacial score (nSPS) is 17.5. The molecule has 1 aromatic heterocycles. The summed E-state index contributed by atoms with van der Waals surface area (Å²) in [5.41, 5.74) is 3.22. The van der Waals surface area contributed by atoms with E-state index in [4.69, 9.17) is 4.74 Å². The lowest BCUT2D eigenvalue weighted by Crippen LogP contribution is -2.36. The van der Waals surface area contributed by atoms with Gasteiger partial charge in [-0.2, -0.15) is 0 Å². The van der Waals surface area contributed by atoms with Crippen LogP contribution >= 0.6 is 11.3 Å². The maximum atomic E-state index is 12.6. The number of rotatable bonds is 5. The number of thiophene rings is 1. The fraction of sp³-hybridized carbons (Fsp3) is 0.450. The van der Waals surface area contributed by atoms with Crippen molar-refractivity contribution in [1.82, 2.24) is 0 Å². The van der Waals surface area contributed by atoms with E-state index in [1.54, 1.807) is 11.3 Å². The molecule has 1 aromatic carbocycles. The van der Waals surface area contributed by atoms with Gasteiger partial charge in [0.1, 0.15) is 0 Å². The fourth-order valence-corrected chi connectivity index (χ4v) is 4.35. The molecular formula is C20H25N3O2S. The molecule has 0 radical (unpaired) electrons. The molecule has 2 aliphatic rings. The smallest absolute Gasteiger partial charge is 0.229 e. The van der Waals surface area contributed by atoms with Crippen molar-refractivity contribution in [1.29, 1.82) is 0 Å². The van der Waals surface area contributed by atoms with E-state index < -0.39 is 0 Å². The highest BCUT2D eigenvalue weighted by Crippen LogP contribution is 2.33. The number of hydrogen-bond donors (Lipinski definition) is 1. The van der Waals surface area contributed by atoms with Gasteiger partial charge in [0.15, 0.2) is 0 Å². The molecule has 4 rings (SSSR count). The van der Waals surface area contributed by atoms with Gasteiger partial charge < -0.3 is 19.9 Å². The van der Waals surface area contributed by atoms with Crippen molar-refractivity contribution in [3.63, 3.8) is 0 Å². The molecule has 1 amide bonds. The molecule has 2 fully saturated rings. The number of anilines is 3. The van der Waals surface area contributed by atoms with E-state index in [1.807, 2.05) is 17.5 Å². The van der Waals surface area contributed by atoms with Crippen LogP contribution in [-0.2, 0) is 16.0 Å². The lowest BCUT2D eigenvalue weighted by atomic mass is 10.2. The first-order valence-corrected chi connectivity index (χ1v) is 10.2. The zero-order valence-corrected chi connectivity index (χ0v) is 15.8. The van der Waals surface area contributed by atoms with Crippen LogP contribution in [-0.4, -0.2) is 45.3 Å². The maximum absolute atomic E-state index is 12.6. The second-order valence-corrected chi connectivity index (χ2v) is 7.83. The molecule has 2 aliphatic heterocycles. The van der Waals surface area contributed by atoms with Gasteiger partial charge in [-0.25, -0.2) is 0 Å². The highest BCUT2D eigenvalue weighted by molar-refractivity contribution is 7.10. The Morgan fingerprint density at radius 3 is 2.62 bits per heavy atom. The van der Waals surface area contributed by atoms with Crippen molar-refractivity contribution in [3.05, 3.63) is 40.6 Å². The minimum atomic E-state index is 0.0482. The molecule has 0 bridgehead atoms. The molecule has 0 spiro atoms. The summed E-state index contributed by atoms with van der Waals surface area (Å²) >= 11 is 1.62. The van der Waals surface area contributed by atoms with Gasteiger partial charge in [-0.05, 0) is 42.5 Å². The second kappa shape index (κ2) is 8.10. The van der Waals surface area contributed by atoms with Crippen LogP contribution in [0.25, 0.3) is 0 Å². The number of nitrogens with one attached hydrogen (secondary N) is 1. The van der Waals surface area contributed by atoms with Crippen molar-refractivity contribution in [3.8, 4) is 0 Å². The van der Waals surface area contributed by atoms with E-state index in [-0.39, 0.29) is 5.91 Å². The topological polar surface area (TPSA) is 44.8 Å². The average molecular weight is 372 g/mol. The van der Waals surface area contributed by atoms with Crippen LogP contribution in [0.3, 0.4) is 0 Å². The van der Waals surface area contributed by atoms with Crippen molar-refractivity contribution in [2.75, 3.05) is 54.5 Å². The van der Waals surface area contributed by atoms with Crippen molar-refractivity contribution >= 4 is 34.3 Å². The Labute approximate surface area is 158 Å². The molecular weight excluding hydrogens is 346 g/mol. The summed E-state index contributed by atoms with van der Waals surface area (Å²) in [5.74, 6) is 0.0482. The first-order valence-electron chi connectivity index (χ1n) is 9.33. The summed E-state index contributed by atoms with van der Waals surface area (Å²) in [7, 11) is 0. The first-order chi connectivity index (χ1) is 12.8. The molecule has 2 aromatic rings. The minimum absolute atomic E-state index is 0.0482. The van der Waals surface area contributed by atoms with Gasteiger partial charge in [-0.3, -0.25) is 4.79 Å². The lowest BCUT2D eigenvalue weighted by Gasteiger charge is -2.30. The molecule has 2 saturated heterocycles. The predicted octanol–water partition coefficient (Wildman–Crippen LogP) is 3.37. The van der Waals surface area contributed by atoms with E-state index in [9.17, 15) is 4.79 Å². The van der Waals surface area contributed by atoms with E-state index in [2.05, 4.69) is 33.3 Å². The largest absolute Gasteiger partial charge is 0.378 e. The fourth-order valence-electron chi connectivity index (χ4n) is 3.64. The standard InChI is InChI=1S/C20H25N3O2S/c24-20(15-17-4-3-13-26-17)21-18-14-16(22-9-11-25-12-10-22)5-6-19(18)23-7-1-2-8-23/h3-6,13-14H,1-2,7-12,15H2,(H,21,24). The molecule has 26 heavy (non-hydrogen) atoms. The van der Waals surface area contributed by atoms with Gasteiger partial charge in [0.25, 0.3) is 0 Å². The van der Waals surface area contributed by atoms with Gasteiger partial charge >= 0.3 is 0 Å². The zero-order valence-electron chi connectivity index (χ0n) is 14.9. The Morgan fingerprint density at radius 2 is 1.88 bits per heavy atom. The van der Waals surface area contributed by atoms with Crippen LogP contribution < -0.4 is 15.1 Å². The highest BCUT2D eigenvalue weighted by Gasteiger charge is 2.19. The molecule has 5 nitrogen and oxygen atoms in total. The molecule has 138 valence electrons. The summed E-state index contributed by atoms with van der Waals surface area (Å²) in [6, 6.07) is 10.5. The monoisotopic (exact) mass is 371 g/mol. The van der Waals surface area contributed by atoms with E-state index in [1.165, 1.54) is 12.8 Å². The molecule has 3 heterocycles. The van der Waals surface area contributed by atoms with Crippen molar-refractivity contribution in [2.24, 2.45) is 0 Å². The summed E-state index contributed by atoms with van der Waals surface area (Å²) < 4.78 is 5.46. The van der Waals surface area contributed by atoms with Crippen LogP contribution in [0.15, 0.2) is 35.7 Å². The van der Waals surface area contributed by atoms with E-state index in [0.717, 1.165) is 61.3 Å². The Morgan fingerprint density at radius 1 is 1.08 bits per heavy atom. The van der Waals surface area contributed by atoms with Crippen molar-refractivity contribution < 1.29 is 9.53 Å². The van der Waals surface area contributed by atoms with Crippen LogP contribution in [0.1, 0.15) is 17.7 Å². The minimum Gasteiger partial charge on any atom is -0.378 e. The number of morpholine rings is 1. The van der Waals surface area contributed by atoms with E-state index in [0.29, 0.717) is 6.42 Å². The second-order valence-electron chi connectivity index (χ2n) is 6.80. The molecule has 1 N–H and O–H groups in total. The number of carbonyl (C=O) groups is 1. The quantitative estimate of drug-likeness (QED) is 0.875. The van der Waals surface area contributed by atoms with Crippen LogP contribution in [0.2, 0.25) is 0 Å². The lowest BCUT2D eigenvalue weighted by molar-refractivity contribution is -0.115. The number of hydrogen-bond acceptors (Lipinski definition) is 5. The Balaban J connectivity index is 1.56. The molecule has 6 heteroatoms. The highest BCUT2D eigenvalue weighted by atomic mass is 32.1. The van der Waals surface area contributed by atoms with Crippen LogP contribution in [0, 0.1) is 0 Å². The predicted molar refractivity (Wildman–Crippen MR) is 108 cm³/mol. The Kier molecular flexibility index (Phi) is 5.41. The zero-order chi connectivity index (χ0) is 17.8. The third-order valence-corrected chi connectivity index (χ3v) is 5.87. The number of ether oxygens (including phenoxy) is 1. The third-order valence-electron chi connectivity index (χ3n) is 4.99. The number of benzene rings is 1. The molecule has 0 aliphatic carbocycles. The number of nitrogens with zero attached hydrogens (tertiary/aromatic N) is 2. The third kappa shape index (κ3) is 4.02. The Hall–Kier alpha value is -2.05. The summed E-state index contributed by atoms with van der Waals surface area (Å²) in [6.07, 6.45) is 2.86. The summed E-state index contributed by atoms with van der Waals surface area (Å²) in [6.45, 7) is 5.43. The van der Waals surface area contributed by atoms with Gasteiger partial charge in [-0.1, -0.05) is 6.07 Å². The van der Waals surface area contributed by atoms with Gasteiger partial charge in [0, 0.05) is 36.7 Å². The summed E-state index contributed by atoms with van der Waals surface area (Å²) in [4.78, 5) is 18.4. The summed E-state index contributed by atoms with van der Waals surface area (Å²) in [5, 5.41) is 5.18.